The first kappa shape index (κ1) is 9.80. The van der Waals surface area contributed by atoms with E-state index in [0.29, 0.717) is 11.6 Å². The molecule has 1 rings (SSSR count). The molecular weight excluding hydrogens is 194 g/mol. The highest BCUT2D eigenvalue weighted by atomic mass is 35.5. The van der Waals surface area contributed by atoms with Crippen LogP contribution in [0.25, 0.3) is 0 Å². The van der Waals surface area contributed by atoms with Crippen LogP contribution in [0.4, 0.5) is 4.79 Å². The summed E-state index contributed by atoms with van der Waals surface area (Å²) in [7, 11) is 1.51. The Morgan fingerprint density at radius 1 is 1.62 bits per heavy atom. The van der Waals surface area contributed by atoms with Crippen LogP contribution in [-0.4, -0.2) is 17.5 Å². The average molecular weight is 202 g/mol. The molecule has 0 unspecified atom stereocenters. The van der Waals surface area contributed by atoms with Gasteiger partial charge in [-0.05, 0) is 6.07 Å². The number of rotatable bonds is 3. The third-order valence-electron chi connectivity index (χ3n) is 1.32. The van der Waals surface area contributed by atoms with Crippen molar-refractivity contribution in [2.75, 3.05) is 7.11 Å². The Bertz CT molecular complexity index is 303. The van der Waals surface area contributed by atoms with Gasteiger partial charge in [-0.1, -0.05) is 6.07 Å². The van der Waals surface area contributed by atoms with Crippen molar-refractivity contribution in [2.24, 2.45) is 0 Å². The second-order valence-electron chi connectivity index (χ2n) is 2.20. The zero-order valence-corrected chi connectivity index (χ0v) is 7.75. The standard InChI is InChI=1S/C8H8ClNO3/c1-12-7-4-2-3-6(10-7)5-13-8(9)11/h2-4H,5H2,1H3. The topological polar surface area (TPSA) is 48.4 Å². The summed E-state index contributed by atoms with van der Waals surface area (Å²) in [5, 5.41) is 0. The Morgan fingerprint density at radius 3 is 3.00 bits per heavy atom. The van der Waals surface area contributed by atoms with Crippen molar-refractivity contribution in [1.82, 2.24) is 4.98 Å². The normalized spacial score (nSPS) is 9.38. The summed E-state index contributed by atoms with van der Waals surface area (Å²) in [5.41, 5.74) is -0.252. The van der Waals surface area contributed by atoms with E-state index in [0.717, 1.165) is 0 Å². The second kappa shape index (κ2) is 4.67. The highest BCUT2D eigenvalue weighted by Gasteiger charge is 2.00. The van der Waals surface area contributed by atoms with Crippen LogP contribution in [0, 0.1) is 0 Å². The second-order valence-corrected chi connectivity index (χ2v) is 2.51. The van der Waals surface area contributed by atoms with Crippen molar-refractivity contribution in [2.45, 2.75) is 6.61 Å². The lowest BCUT2D eigenvalue weighted by Crippen LogP contribution is -1.98. The third-order valence-corrected chi connectivity index (χ3v) is 1.43. The number of hydrogen-bond acceptors (Lipinski definition) is 4. The number of aromatic nitrogens is 1. The lowest BCUT2D eigenvalue weighted by molar-refractivity contribution is 0.165. The molecular formula is C8H8ClNO3. The van der Waals surface area contributed by atoms with E-state index in [-0.39, 0.29) is 6.61 Å². The molecule has 0 atom stereocenters. The zero-order chi connectivity index (χ0) is 9.68. The third kappa shape index (κ3) is 3.29. The number of halogens is 1. The van der Waals surface area contributed by atoms with Crippen LogP contribution in [0.1, 0.15) is 5.69 Å². The smallest absolute Gasteiger partial charge is 0.404 e. The summed E-state index contributed by atoms with van der Waals surface area (Å²) >= 11 is 4.98. The van der Waals surface area contributed by atoms with Crippen molar-refractivity contribution in [3.8, 4) is 5.88 Å². The van der Waals surface area contributed by atoms with E-state index >= 15 is 0 Å². The molecule has 1 aromatic rings. The molecule has 0 saturated carbocycles. The number of nitrogens with zero attached hydrogens (tertiary/aromatic N) is 1. The summed E-state index contributed by atoms with van der Waals surface area (Å²) in [6.07, 6.45) is 0. The molecule has 0 aliphatic rings. The monoisotopic (exact) mass is 201 g/mol. The predicted octanol–water partition coefficient (Wildman–Crippen LogP) is 1.97. The highest BCUT2D eigenvalue weighted by molar-refractivity contribution is 6.61. The largest absolute Gasteiger partial charge is 0.481 e. The van der Waals surface area contributed by atoms with Gasteiger partial charge in [0.1, 0.15) is 6.61 Å². The summed E-state index contributed by atoms with van der Waals surface area (Å²) < 4.78 is 9.41. The first-order chi connectivity index (χ1) is 6.22. The summed E-state index contributed by atoms with van der Waals surface area (Å²) in [5.74, 6) is 0.475. The molecule has 0 aliphatic heterocycles. The Morgan fingerprint density at radius 2 is 2.38 bits per heavy atom. The number of carbonyl (C=O) groups is 1. The van der Waals surface area contributed by atoms with Crippen LogP contribution < -0.4 is 4.74 Å². The molecule has 4 nitrogen and oxygen atoms in total. The van der Waals surface area contributed by atoms with E-state index < -0.39 is 5.43 Å². The molecule has 0 amide bonds. The lowest BCUT2D eigenvalue weighted by Gasteiger charge is -2.02. The number of methoxy groups -OCH3 is 1. The van der Waals surface area contributed by atoms with Gasteiger partial charge in [0, 0.05) is 17.7 Å². The molecule has 5 heteroatoms. The maximum Gasteiger partial charge on any atom is 0.404 e. The van der Waals surface area contributed by atoms with Crippen LogP contribution in [-0.2, 0) is 11.3 Å². The molecule has 1 heterocycles. The van der Waals surface area contributed by atoms with E-state index in [1.54, 1.807) is 18.2 Å². The molecule has 0 saturated heterocycles. The lowest BCUT2D eigenvalue weighted by atomic mass is 10.4. The molecule has 0 aromatic carbocycles. The van der Waals surface area contributed by atoms with Gasteiger partial charge in [0.05, 0.1) is 12.8 Å². The van der Waals surface area contributed by atoms with Crippen molar-refractivity contribution >= 4 is 17.0 Å². The van der Waals surface area contributed by atoms with Crippen molar-refractivity contribution in [1.29, 1.82) is 0 Å². The minimum atomic E-state index is -0.843. The average Bonchev–Trinajstić information content (AvgIpc) is 2.15. The van der Waals surface area contributed by atoms with Crippen LogP contribution in [0.5, 0.6) is 5.88 Å². The fourth-order valence-electron chi connectivity index (χ4n) is 0.782. The molecule has 0 aliphatic carbocycles. The summed E-state index contributed by atoms with van der Waals surface area (Å²) in [6, 6.07) is 5.16. The van der Waals surface area contributed by atoms with Crippen LogP contribution >= 0.6 is 11.6 Å². The Labute approximate surface area is 80.4 Å². The first-order valence-electron chi connectivity index (χ1n) is 3.54. The minimum Gasteiger partial charge on any atom is -0.481 e. The van der Waals surface area contributed by atoms with Gasteiger partial charge >= 0.3 is 5.43 Å². The zero-order valence-electron chi connectivity index (χ0n) is 6.99. The fraction of sp³-hybridized carbons (Fsp3) is 0.250. The van der Waals surface area contributed by atoms with Gasteiger partial charge in [-0.25, -0.2) is 9.78 Å². The first-order valence-corrected chi connectivity index (χ1v) is 3.92. The van der Waals surface area contributed by atoms with Gasteiger partial charge in [0.2, 0.25) is 5.88 Å². The van der Waals surface area contributed by atoms with E-state index in [9.17, 15) is 4.79 Å². The Balaban J connectivity index is 2.61. The maximum absolute atomic E-state index is 10.3. The molecule has 0 radical (unpaired) electrons. The van der Waals surface area contributed by atoms with Gasteiger partial charge < -0.3 is 9.47 Å². The van der Waals surface area contributed by atoms with E-state index in [4.69, 9.17) is 16.3 Å². The molecule has 0 N–H and O–H groups in total. The van der Waals surface area contributed by atoms with Crippen molar-refractivity contribution < 1.29 is 14.3 Å². The molecule has 13 heavy (non-hydrogen) atoms. The summed E-state index contributed by atoms with van der Waals surface area (Å²) in [6.45, 7) is 0.0551. The van der Waals surface area contributed by atoms with Crippen LogP contribution in [0.15, 0.2) is 18.2 Å². The van der Waals surface area contributed by atoms with Gasteiger partial charge in [-0.3, -0.25) is 0 Å². The number of pyridine rings is 1. The van der Waals surface area contributed by atoms with Crippen molar-refractivity contribution in [3.63, 3.8) is 0 Å². The molecule has 0 fully saturated rings. The highest BCUT2D eigenvalue weighted by Crippen LogP contribution is 2.07. The number of carbonyl (C=O) groups excluding carboxylic acids is 1. The van der Waals surface area contributed by atoms with Gasteiger partial charge in [-0.2, -0.15) is 0 Å². The number of hydrogen-bond donors (Lipinski definition) is 0. The van der Waals surface area contributed by atoms with Crippen molar-refractivity contribution in [3.05, 3.63) is 23.9 Å². The molecule has 0 spiro atoms. The Kier molecular flexibility index (Phi) is 3.52. The summed E-state index contributed by atoms with van der Waals surface area (Å²) in [4.78, 5) is 14.3. The van der Waals surface area contributed by atoms with E-state index in [2.05, 4.69) is 9.72 Å². The molecule has 0 bridgehead atoms. The number of ether oxygens (including phenoxy) is 2. The van der Waals surface area contributed by atoms with Crippen LogP contribution in [0.3, 0.4) is 0 Å². The quantitative estimate of drug-likeness (QED) is 0.702. The minimum absolute atomic E-state index is 0.0551. The molecule has 70 valence electrons. The predicted molar refractivity (Wildman–Crippen MR) is 46.8 cm³/mol. The van der Waals surface area contributed by atoms with Crippen LogP contribution in [0.2, 0.25) is 0 Å². The van der Waals surface area contributed by atoms with Gasteiger partial charge in [0.15, 0.2) is 0 Å². The van der Waals surface area contributed by atoms with Gasteiger partial charge in [-0.15, -0.1) is 0 Å². The Hall–Kier alpha value is -1.29. The fourth-order valence-corrected chi connectivity index (χ4v) is 0.837. The van der Waals surface area contributed by atoms with E-state index in [1.165, 1.54) is 7.11 Å². The SMILES string of the molecule is COc1cccc(COC(=O)Cl)n1. The van der Waals surface area contributed by atoms with Gasteiger partial charge in [0.25, 0.3) is 0 Å². The maximum atomic E-state index is 10.3. The molecule has 1 aromatic heterocycles. The van der Waals surface area contributed by atoms with E-state index in [1.807, 2.05) is 0 Å².